The molecule has 0 saturated heterocycles. The van der Waals surface area contributed by atoms with Crippen LogP contribution in [0.5, 0.6) is 0 Å². The normalized spacial score (nSPS) is 11.9. The fourth-order valence-electron chi connectivity index (χ4n) is 2.91. The highest BCUT2D eigenvalue weighted by Gasteiger charge is 2.14. The Bertz CT molecular complexity index is 797. The van der Waals surface area contributed by atoms with E-state index in [1.807, 2.05) is 26.0 Å². The van der Waals surface area contributed by atoms with Gasteiger partial charge in [0.2, 0.25) is 5.91 Å². The second-order valence-corrected chi connectivity index (χ2v) is 6.43. The first-order valence-electron chi connectivity index (χ1n) is 9.72. The van der Waals surface area contributed by atoms with Gasteiger partial charge in [0.25, 0.3) is 0 Å². The highest BCUT2D eigenvalue weighted by molar-refractivity contribution is 5.95. The van der Waals surface area contributed by atoms with E-state index in [0.717, 1.165) is 29.8 Å². The number of hydrogen-bond donors (Lipinski definition) is 1. The standard InChI is InChI=1S/C21H24N2O2.C2H6/c1-3-16-5-4-6-17(10-16)12-22-21(24)14-25-13-19-11-18-8-7-15(2)9-20(18)23-19;1-2/h4-10H,3,11-14H2,1-2H3,(H,22,24);1-2H3. The van der Waals surface area contributed by atoms with Crippen molar-refractivity contribution in [2.45, 2.75) is 47.1 Å². The second-order valence-electron chi connectivity index (χ2n) is 6.43. The van der Waals surface area contributed by atoms with Crippen LogP contribution in [0.25, 0.3) is 0 Å². The van der Waals surface area contributed by atoms with Gasteiger partial charge in [-0.05, 0) is 41.7 Å². The molecule has 1 N–H and O–H groups in total. The maximum atomic E-state index is 11.9. The summed E-state index contributed by atoms with van der Waals surface area (Å²) in [4.78, 5) is 16.5. The molecule has 1 amide bonds. The number of carbonyl (C=O) groups is 1. The summed E-state index contributed by atoms with van der Waals surface area (Å²) in [6, 6.07) is 14.5. The summed E-state index contributed by atoms with van der Waals surface area (Å²) in [5.41, 5.74) is 6.82. The Morgan fingerprint density at radius 1 is 1.15 bits per heavy atom. The van der Waals surface area contributed by atoms with E-state index in [0.29, 0.717) is 13.2 Å². The highest BCUT2D eigenvalue weighted by Crippen LogP contribution is 2.27. The number of benzene rings is 2. The summed E-state index contributed by atoms with van der Waals surface area (Å²) in [5.74, 6) is -0.103. The number of nitrogens with zero attached hydrogens (tertiary/aromatic N) is 1. The van der Waals surface area contributed by atoms with Gasteiger partial charge in [0, 0.05) is 18.7 Å². The van der Waals surface area contributed by atoms with Crippen LogP contribution in [0.2, 0.25) is 0 Å². The van der Waals surface area contributed by atoms with Crippen LogP contribution in [-0.4, -0.2) is 24.8 Å². The molecule has 0 bridgehead atoms. The van der Waals surface area contributed by atoms with Crippen molar-refractivity contribution in [1.29, 1.82) is 0 Å². The Kier molecular flexibility index (Phi) is 8.21. The number of carbonyl (C=O) groups excluding carboxylic acids is 1. The molecule has 1 aliphatic rings. The van der Waals surface area contributed by atoms with E-state index in [-0.39, 0.29) is 12.5 Å². The molecule has 27 heavy (non-hydrogen) atoms. The number of fused-ring (bicyclic) bond motifs is 1. The van der Waals surface area contributed by atoms with Crippen LogP contribution in [0.1, 0.15) is 43.0 Å². The SMILES string of the molecule is CC.CCc1cccc(CNC(=O)COCC2=Nc3cc(C)ccc3C2)c1. The van der Waals surface area contributed by atoms with Gasteiger partial charge in [0.05, 0.1) is 12.3 Å². The lowest BCUT2D eigenvalue weighted by atomic mass is 10.1. The zero-order valence-corrected chi connectivity index (χ0v) is 16.8. The first kappa shape index (κ1) is 20.8. The minimum atomic E-state index is -0.103. The molecule has 3 rings (SSSR count). The minimum Gasteiger partial charge on any atom is -0.366 e. The van der Waals surface area contributed by atoms with Gasteiger partial charge in [-0.25, -0.2) is 0 Å². The van der Waals surface area contributed by atoms with Gasteiger partial charge >= 0.3 is 0 Å². The Labute approximate surface area is 162 Å². The van der Waals surface area contributed by atoms with Crippen LogP contribution in [0.15, 0.2) is 47.5 Å². The van der Waals surface area contributed by atoms with Crippen molar-refractivity contribution in [1.82, 2.24) is 5.32 Å². The molecule has 0 unspecified atom stereocenters. The van der Waals surface area contributed by atoms with E-state index in [9.17, 15) is 4.79 Å². The zero-order chi connectivity index (χ0) is 19.6. The smallest absolute Gasteiger partial charge is 0.246 e. The topological polar surface area (TPSA) is 50.7 Å². The van der Waals surface area contributed by atoms with Crippen LogP contribution in [0, 0.1) is 6.92 Å². The van der Waals surface area contributed by atoms with E-state index in [1.54, 1.807) is 0 Å². The third kappa shape index (κ3) is 6.33. The fraction of sp³-hybridized carbons (Fsp3) is 0.391. The van der Waals surface area contributed by atoms with Gasteiger partial charge < -0.3 is 10.1 Å². The maximum Gasteiger partial charge on any atom is 0.246 e. The molecular formula is C23H30N2O2. The van der Waals surface area contributed by atoms with Crippen LogP contribution >= 0.6 is 0 Å². The second kappa shape index (κ2) is 10.6. The van der Waals surface area contributed by atoms with E-state index >= 15 is 0 Å². The first-order chi connectivity index (χ1) is 13.1. The Balaban J connectivity index is 0.00000126. The predicted octanol–water partition coefficient (Wildman–Crippen LogP) is 4.55. The average molecular weight is 367 g/mol. The lowest BCUT2D eigenvalue weighted by Gasteiger charge is -2.07. The van der Waals surface area contributed by atoms with Crippen molar-refractivity contribution < 1.29 is 9.53 Å². The van der Waals surface area contributed by atoms with Gasteiger partial charge in [-0.3, -0.25) is 9.79 Å². The summed E-state index contributed by atoms with van der Waals surface area (Å²) in [5, 5.41) is 2.90. The average Bonchev–Trinajstić information content (AvgIpc) is 3.10. The molecule has 4 heteroatoms. The molecule has 0 aliphatic carbocycles. The first-order valence-corrected chi connectivity index (χ1v) is 9.72. The molecule has 0 saturated carbocycles. The van der Waals surface area contributed by atoms with Crippen molar-refractivity contribution >= 4 is 17.3 Å². The van der Waals surface area contributed by atoms with Crippen LogP contribution < -0.4 is 5.32 Å². The molecule has 4 nitrogen and oxygen atoms in total. The summed E-state index contributed by atoms with van der Waals surface area (Å²) in [6.07, 6.45) is 1.80. The van der Waals surface area contributed by atoms with Crippen molar-refractivity contribution in [3.05, 3.63) is 64.7 Å². The molecule has 1 aliphatic heterocycles. The highest BCUT2D eigenvalue weighted by atomic mass is 16.5. The Hall–Kier alpha value is -2.46. The van der Waals surface area contributed by atoms with Crippen molar-refractivity contribution in [3.8, 4) is 0 Å². The molecule has 1 heterocycles. The van der Waals surface area contributed by atoms with E-state index in [1.165, 1.54) is 16.7 Å². The summed E-state index contributed by atoms with van der Waals surface area (Å²) in [6.45, 7) is 9.16. The predicted molar refractivity (Wildman–Crippen MR) is 112 cm³/mol. The largest absolute Gasteiger partial charge is 0.366 e. The molecule has 2 aromatic carbocycles. The molecule has 0 aromatic heterocycles. The van der Waals surface area contributed by atoms with Crippen LogP contribution in [0.3, 0.4) is 0 Å². The minimum absolute atomic E-state index is 0.0574. The Morgan fingerprint density at radius 3 is 2.70 bits per heavy atom. The number of ether oxygens (including phenoxy) is 1. The lowest BCUT2D eigenvalue weighted by molar-refractivity contribution is -0.125. The molecule has 0 atom stereocenters. The van der Waals surface area contributed by atoms with E-state index in [4.69, 9.17) is 4.74 Å². The van der Waals surface area contributed by atoms with Crippen LogP contribution in [0.4, 0.5) is 5.69 Å². The van der Waals surface area contributed by atoms with Gasteiger partial charge in [-0.1, -0.05) is 57.2 Å². The van der Waals surface area contributed by atoms with E-state index in [2.05, 4.69) is 54.5 Å². The maximum absolute atomic E-state index is 11.9. The monoisotopic (exact) mass is 366 g/mol. The quantitative estimate of drug-likeness (QED) is 0.782. The van der Waals surface area contributed by atoms with Gasteiger partial charge in [-0.2, -0.15) is 0 Å². The molecule has 0 radical (unpaired) electrons. The number of rotatable bonds is 7. The number of nitrogens with one attached hydrogen (secondary N) is 1. The van der Waals surface area contributed by atoms with Crippen molar-refractivity contribution in [2.24, 2.45) is 4.99 Å². The van der Waals surface area contributed by atoms with Gasteiger partial charge in [0.15, 0.2) is 0 Å². The Morgan fingerprint density at radius 2 is 1.93 bits per heavy atom. The third-order valence-corrected chi connectivity index (χ3v) is 4.31. The summed E-state index contributed by atoms with van der Waals surface area (Å²) >= 11 is 0. The molecule has 144 valence electrons. The number of amides is 1. The number of aryl methyl sites for hydroxylation is 2. The van der Waals surface area contributed by atoms with Gasteiger partial charge in [0.1, 0.15) is 6.61 Å². The van der Waals surface area contributed by atoms with E-state index < -0.39 is 0 Å². The third-order valence-electron chi connectivity index (χ3n) is 4.31. The molecule has 0 fully saturated rings. The summed E-state index contributed by atoms with van der Waals surface area (Å²) in [7, 11) is 0. The van der Waals surface area contributed by atoms with Crippen molar-refractivity contribution in [3.63, 3.8) is 0 Å². The van der Waals surface area contributed by atoms with Gasteiger partial charge in [-0.15, -0.1) is 0 Å². The zero-order valence-electron chi connectivity index (χ0n) is 16.8. The van der Waals surface area contributed by atoms with Crippen LogP contribution in [-0.2, 0) is 28.9 Å². The summed E-state index contributed by atoms with van der Waals surface area (Å²) < 4.78 is 5.53. The fourth-order valence-corrected chi connectivity index (χ4v) is 2.91. The molecular weight excluding hydrogens is 336 g/mol. The number of hydrogen-bond acceptors (Lipinski definition) is 3. The lowest BCUT2D eigenvalue weighted by Crippen LogP contribution is -2.28. The number of aliphatic imine (C=N–C) groups is 1. The molecule has 2 aromatic rings. The van der Waals surface area contributed by atoms with Crippen molar-refractivity contribution in [2.75, 3.05) is 13.2 Å². The molecule has 0 spiro atoms.